The highest BCUT2D eigenvalue weighted by atomic mass is 19.4. The largest absolute Gasteiger partial charge is 0.490 e. The maximum Gasteiger partial charge on any atom is 0.434 e. The van der Waals surface area contributed by atoms with Crippen molar-refractivity contribution in [3.05, 3.63) is 41.2 Å². The van der Waals surface area contributed by atoms with Crippen molar-refractivity contribution in [2.45, 2.75) is 100 Å². The Bertz CT molecular complexity index is 1720. The lowest BCUT2D eigenvalue weighted by molar-refractivity contribution is -0.152. The van der Waals surface area contributed by atoms with Crippen LogP contribution < -0.4 is 15.0 Å². The number of carbonyl (C=O) groups excluding carboxylic acids is 1. The van der Waals surface area contributed by atoms with Gasteiger partial charge in [0.1, 0.15) is 17.4 Å². The van der Waals surface area contributed by atoms with Gasteiger partial charge >= 0.3 is 12.1 Å². The van der Waals surface area contributed by atoms with Crippen LogP contribution in [0.4, 0.5) is 24.8 Å². The molecule has 1 aromatic carbocycles. The fourth-order valence-corrected chi connectivity index (χ4v) is 10.7. The lowest BCUT2D eigenvalue weighted by Gasteiger charge is -2.55. The van der Waals surface area contributed by atoms with Gasteiger partial charge in [-0.2, -0.15) is 13.2 Å². The minimum atomic E-state index is -4.98. The Labute approximate surface area is 289 Å². The van der Waals surface area contributed by atoms with E-state index in [1.165, 1.54) is 12.8 Å². The number of aliphatic carboxylic acids is 1. The van der Waals surface area contributed by atoms with Gasteiger partial charge in [0.05, 0.1) is 5.56 Å². The predicted octanol–water partition coefficient (Wildman–Crippen LogP) is 5.71. The number of aromatic nitrogens is 2. The Kier molecular flexibility index (Phi) is 7.32. The molecule has 0 radical (unpaired) electrons. The average Bonchev–Trinajstić information content (AvgIpc) is 3.89. The Morgan fingerprint density at radius 3 is 2.48 bits per heavy atom. The molecule has 1 aromatic heterocycles. The molecule has 2 saturated heterocycles. The second-order valence-corrected chi connectivity index (χ2v) is 16.4. The molecule has 50 heavy (non-hydrogen) atoms. The van der Waals surface area contributed by atoms with E-state index >= 15 is 0 Å². The van der Waals surface area contributed by atoms with E-state index < -0.39 is 34.8 Å². The van der Waals surface area contributed by atoms with Gasteiger partial charge < -0.3 is 29.7 Å². The molecule has 1 amide bonds. The van der Waals surface area contributed by atoms with Crippen LogP contribution in [0.2, 0.25) is 0 Å². The third-order valence-electron chi connectivity index (χ3n) is 13.8. The van der Waals surface area contributed by atoms with Crippen molar-refractivity contribution in [1.82, 2.24) is 20.2 Å². The lowest BCUT2D eigenvalue weighted by Crippen LogP contribution is -2.63. The van der Waals surface area contributed by atoms with Crippen LogP contribution in [-0.2, 0) is 21.1 Å². The average molecular weight is 696 g/mol. The fourth-order valence-electron chi connectivity index (χ4n) is 10.7. The van der Waals surface area contributed by atoms with Gasteiger partial charge in [-0.25, -0.2) is 14.8 Å². The zero-order valence-electron chi connectivity index (χ0n) is 28.3. The van der Waals surface area contributed by atoms with Crippen LogP contribution in [0.1, 0.15) is 92.7 Å². The van der Waals surface area contributed by atoms with E-state index in [9.17, 15) is 27.9 Å². The maximum absolute atomic E-state index is 14.7. The number of carboxylic acid groups (broad SMARTS) is 1. The van der Waals surface area contributed by atoms with Gasteiger partial charge in [0.15, 0.2) is 5.69 Å². The summed E-state index contributed by atoms with van der Waals surface area (Å²) in [6.45, 7) is 5.64. The van der Waals surface area contributed by atoms with Crippen LogP contribution in [0.15, 0.2) is 24.4 Å². The van der Waals surface area contributed by atoms with Crippen LogP contribution in [0, 0.1) is 23.2 Å². The number of fused-ring (bicyclic) bond motifs is 3. The molecule has 5 atom stereocenters. The Morgan fingerprint density at radius 2 is 1.78 bits per heavy atom. The molecule has 13 heteroatoms. The van der Waals surface area contributed by atoms with Crippen molar-refractivity contribution in [1.29, 1.82) is 0 Å². The summed E-state index contributed by atoms with van der Waals surface area (Å²) in [7, 11) is 0. The number of anilines is 2. The van der Waals surface area contributed by atoms with Crippen molar-refractivity contribution >= 4 is 23.5 Å². The van der Waals surface area contributed by atoms with Gasteiger partial charge in [-0.05, 0) is 111 Å². The third kappa shape index (κ3) is 5.03. The molecule has 268 valence electrons. The number of nitrogens with one attached hydrogen (secondary N) is 1. The zero-order chi connectivity index (χ0) is 34.6. The number of piperidine rings is 1. The number of hydrogen-bond donors (Lipinski definition) is 2. The second kappa shape index (κ2) is 11.3. The Morgan fingerprint density at radius 1 is 1.04 bits per heavy atom. The molecule has 9 rings (SSSR count). The number of likely N-dealkylation sites (tertiary alicyclic amines) is 1. The number of benzene rings is 1. The van der Waals surface area contributed by atoms with E-state index in [2.05, 4.69) is 27.1 Å². The predicted molar refractivity (Wildman–Crippen MR) is 175 cm³/mol. The number of carbonyl (C=O) groups is 2. The summed E-state index contributed by atoms with van der Waals surface area (Å²) in [5, 5.41) is 13.0. The summed E-state index contributed by atoms with van der Waals surface area (Å²) >= 11 is 0. The minimum absolute atomic E-state index is 0.0460. The summed E-state index contributed by atoms with van der Waals surface area (Å²) < 4.78 is 56.4. The van der Waals surface area contributed by atoms with Crippen molar-refractivity contribution in [3.8, 4) is 5.75 Å². The summed E-state index contributed by atoms with van der Waals surface area (Å²) in [6.07, 6.45) is 4.31. The normalized spacial score (nSPS) is 33.2. The highest BCUT2D eigenvalue weighted by Crippen LogP contribution is 2.70. The standard InChI is InChI=1S/C37H44F3N5O5/c1-34-17-23-15-21(34)14-22(34)18-36(23,32(47)48)43-31(46)27-19-41-33(42-30(27)37(38,39)40)45-20-35(8-12-49-13-9-35)28-16-26(4-5-29(28)45)50-25-6-10-44(11-7-25)24-2-3-24/h4-5,16,19,21-25H,2-3,6-15,17-18,20H2,1H3,(H,43,46)(H,47,48). The molecule has 4 saturated carbocycles. The number of nitrogens with zero attached hydrogens (tertiary/aromatic N) is 4. The number of alkyl halides is 3. The zero-order valence-corrected chi connectivity index (χ0v) is 28.3. The van der Waals surface area contributed by atoms with E-state index in [4.69, 9.17) is 9.47 Å². The van der Waals surface area contributed by atoms with Gasteiger partial charge in [-0.3, -0.25) is 4.79 Å². The van der Waals surface area contributed by atoms with Crippen molar-refractivity contribution in [3.63, 3.8) is 0 Å². The summed E-state index contributed by atoms with van der Waals surface area (Å²) in [4.78, 5) is 39.1. The van der Waals surface area contributed by atoms with Crippen LogP contribution in [-0.4, -0.2) is 82.4 Å². The Hall–Kier alpha value is -3.45. The molecular weight excluding hydrogens is 651 g/mol. The highest BCUT2D eigenvalue weighted by Gasteiger charge is 2.69. The first-order valence-corrected chi connectivity index (χ1v) is 18.3. The molecule has 10 nitrogen and oxygen atoms in total. The van der Waals surface area contributed by atoms with Gasteiger partial charge in [0, 0.05) is 56.2 Å². The molecule has 2 aromatic rings. The number of carboxylic acids is 1. The van der Waals surface area contributed by atoms with Gasteiger partial charge in [-0.15, -0.1) is 0 Å². The Balaban J connectivity index is 1.01. The van der Waals surface area contributed by atoms with Crippen LogP contribution >= 0.6 is 0 Å². The summed E-state index contributed by atoms with van der Waals surface area (Å²) in [5.41, 5.74) is -2.40. The first kappa shape index (κ1) is 32.5. The molecule has 4 heterocycles. The molecular formula is C37H44F3N5O5. The SMILES string of the molecule is CC12CC3CC1CC2CC3(NC(=O)c1cnc(N2CC3(CCOCC3)c3cc(OC4CCN(C5CC5)CC4)ccc32)nc1C(F)(F)F)C(=O)O. The first-order valence-electron chi connectivity index (χ1n) is 18.3. The lowest BCUT2D eigenvalue weighted by atomic mass is 9.50. The molecule has 2 N–H and O–H groups in total. The second-order valence-electron chi connectivity index (χ2n) is 16.4. The van der Waals surface area contributed by atoms with E-state index in [0.717, 1.165) is 55.9 Å². The van der Waals surface area contributed by atoms with Crippen LogP contribution in [0.25, 0.3) is 0 Å². The summed E-state index contributed by atoms with van der Waals surface area (Å²) in [6, 6.07) is 6.53. The molecule has 3 aliphatic heterocycles. The minimum Gasteiger partial charge on any atom is -0.490 e. The van der Waals surface area contributed by atoms with E-state index in [-0.39, 0.29) is 41.1 Å². The van der Waals surface area contributed by atoms with Crippen molar-refractivity contribution < 1.29 is 37.3 Å². The topological polar surface area (TPSA) is 117 Å². The number of halogens is 3. The van der Waals surface area contributed by atoms with Crippen molar-refractivity contribution in [2.75, 3.05) is 37.7 Å². The highest BCUT2D eigenvalue weighted by molar-refractivity contribution is 5.99. The summed E-state index contributed by atoms with van der Waals surface area (Å²) in [5.74, 6) is -1.54. The number of ether oxygens (including phenoxy) is 2. The van der Waals surface area contributed by atoms with Crippen LogP contribution in [0.5, 0.6) is 5.75 Å². The number of hydrogen-bond acceptors (Lipinski definition) is 8. The maximum atomic E-state index is 14.7. The van der Waals surface area contributed by atoms with Gasteiger partial charge in [-0.1, -0.05) is 6.92 Å². The third-order valence-corrected chi connectivity index (χ3v) is 13.8. The molecule has 4 aliphatic carbocycles. The molecule has 7 aliphatic rings. The molecule has 2 bridgehead atoms. The quantitative estimate of drug-likeness (QED) is 0.376. The van der Waals surface area contributed by atoms with Crippen LogP contribution in [0.3, 0.4) is 0 Å². The number of amides is 1. The first-order chi connectivity index (χ1) is 23.9. The fraction of sp³-hybridized carbons (Fsp3) is 0.676. The van der Waals surface area contributed by atoms with E-state index in [1.54, 1.807) is 4.90 Å². The van der Waals surface area contributed by atoms with Crippen molar-refractivity contribution in [2.24, 2.45) is 23.2 Å². The molecule has 1 spiro atoms. The van der Waals surface area contributed by atoms with Gasteiger partial charge in [0.2, 0.25) is 5.95 Å². The van der Waals surface area contributed by atoms with E-state index in [1.807, 2.05) is 18.2 Å². The van der Waals surface area contributed by atoms with E-state index in [0.29, 0.717) is 57.0 Å². The van der Waals surface area contributed by atoms with Gasteiger partial charge in [0.25, 0.3) is 5.91 Å². The monoisotopic (exact) mass is 695 g/mol. The smallest absolute Gasteiger partial charge is 0.434 e. The molecule has 6 fully saturated rings. The molecule has 5 unspecified atom stereocenters. The number of rotatable bonds is 7.